The van der Waals surface area contributed by atoms with Crippen LogP contribution in [0.15, 0.2) is 57.7 Å². The van der Waals surface area contributed by atoms with Crippen LogP contribution in [0, 0.1) is 12.7 Å². The van der Waals surface area contributed by atoms with Crippen molar-refractivity contribution in [2.24, 2.45) is 0 Å². The van der Waals surface area contributed by atoms with E-state index in [9.17, 15) is 9.18 Å². The van der Waals surface area contributed by atoms with Gasteiger partial charge in [-0.15, -0.1) is 0 Å². The van der Waals surface area contributed by atoms with E-state index in [1.807, 2.05) is 4.90 Å². The number of amides is 1. The lowest BCUT2D eigenvalue weighted by Gasteiger charge is -2.23. The molecule has 1 fully saturated rings. The highest BCUT2D eigenvalue weighted by atomic mass is 19.1. The maximum Gasteiger partial charge on any atom is 0.259 e. The zero-order valence-corrected chi connectivity index (χ0v) is 15.8. The van der Waals surface area contributed by atoms with E-state index < -0.39 is 0 Å². The topological polar surface area (TPSA) is 72.4 Å². The molecule has 29 heavy (non-hydrogen) atoms. The van der Waals surface area contributed by atoms with E-state index in [2.05, 4.69) is 10.1 Å². The molecule has 5 rings (SSSR count). The van der Waals surface area contributed by atoms with Crippen LogP contribution < -0.4 is 0 Å². The molecule has 0 spiro atoms. The Morgan fingerprint density at radius 1 is 1.24 bits per heavy atom. The van der Waals surface area contributed by atoms with Crippen LogP contribution in [0.2, 0.25) is 0 Å². The first-order valence-corrected chi connectivity index (χ1v) is 9.46. The van der Waals surface area contributed by atoms with Crippen LogP contribution >= 0.6 is 0 Å². The SMILES string of the molecule is Cc1noc2nc(-c3ccco3)cc(C(=O)N(Cc3ccc(F)cc3)C3CC3)c12. The minimum Gasteiger partial charge on any atom is -0.463 e. The minimum absolute atomic E-state index is 0.122. The molecule has 146 valence electrons. The molecule has 0 unspecified atom stereocenters. The summed E-state index contributed by atoms with van der Waals surface area (Å²) in [5, 5.41) is 4.60. The van der Waals surface area contributed by atoms with Gasteiger partial charge >= 0.3 is 0 Å². The normalized spacial score (nSPS) is 13.7. The van der Waals surface area contributed by atoms with E-state index in [4.69, 9.17) is 8.94 Å². The summed E-state index contributed by atoms with van der Waals surface area (Å²) in [5.41, 5.74) is 2.79. The number of furan rings is 1. The van der Waals surface area contributed by atoms with Crippen LogP contribution in [0.25, 0.3) is 22.6 Å². The second kappa shape index (κ2) is 6.84. The molecular formula is C22H18FN3O3. The molecule has 3 heterocycles. The summed E-state index contributed by atoms with van der Waals surface area (Å²) in [6.07, 6.45) is 3.46. The average Bonchev–Trinajstić information content (AvgIpc) is 3.28. The predicted octanol–water partition coefficient (Wildman–Crippen LogP) is 4.74. The number of aryl methyl sites for hydroxylation is 1. The molecule has 0 saturated heterocycles. The number of rotatable bonds is 5. The van der Waals surface area contributed by atoms with Crippen LogP contribution in [-0.2, 0) is 6.54 Å². The summed E-state index contributed by atoms with van der Waals surface area (Å²) in [5.74, 6) is 0.131. The van der Waals surface area contributed by atoms with Crippen LogP contribution in [0.4, 0.5) is 4.39 Å². The van der Waals surface area contributed by atoms with Crippen LogP contribution in [0.5, 0.6) is 0 Å². The van der Waals surface area contributed by atoms with E-state index >= 15 is 0 Å². The highest BCUT2D eigenvalue weighted by molar-refractivity contribution is 6.07. The molecule has 4 aromatic rings. The van der Waals surface area contributed by atoms with E-state index in [0.717, 1.165) is 18.4 Å². The van der Waals surface area contributed by atoms with Crippen LogP contribution in [0.3, 0.4) is 0 Å². The molecule has 7 heteroatoms. The first-order chi connectivity index (χ1) is 14.1. The van der Waals surface area contributed by atoms with Gasteiger partial charge in [0.05, 0.1) is 22.9 Å². The molecule has 0 aliphatic heterocycles. The second-order valence-electron chi connectivity index (χ2n) is 7.27. The molecule has 1 aliphatic carbocycles. The molecule has 3 aromatic heterocycles. The molecule has 0 atom stereocenters. The molecule has 1 saturated carbocycles. The zero-order chi connectivity index (χ0) is 20.0. The first kappa shape index (κ1) is 17.6. The van der Waals surface area contributed by atoms with Crippen molar-refractivity contribution in [3.05, 3.63) is 71.4 Å². The third-order valence-electron chi connectivity index (χ3n) is 5.14. The van der Waals surface area contributed by atoms with E-state index in [-0.39, 0.29) is 17.8 Å². The quantitative estimate of drug-likeness (QED) is 0.492. The lowest BCUT2D eigenvalue weighted by molar-refractivity contribution is 0.0732. The Balaban J connectivity index is 1.58. The van der Waals surface area contributed by atoms with Crippen molar-refractivity contribution in [3.8, 4) is 11.5 Å². The molecule has 1 amide bonds. The third kappa shape index (κ3) is 3.29. The van der Waals surface area contributed by atoms with Crippen molar-refractivity contribution in [2.45, 2.75) is 32.4 Å². The average molecular weight is 391 g/mol. The maximum absolute atomic E-state index is 13.6. The van der Waals surface area contributed by atoms with Gasteiger partial charge in [-0.2, -0.15) is 0 Å². The zero-order valence-electron chi connectivity index (χ0n) is 15.8. The Kier molecular flexibility index (Phi) is 4.16. The first-order valence-electron chi connectivity index (χ1n) is 9.46. The van der Waals surface area contributed by atoms with Crippen LogP contribution in [0.1, 0.15) is 34.5 Å². The predicted molar refractivity (Wildman–Crippen MR) is 104 cm³/mol. The van der Waals surface area contributed by atoms with Gasteiger partial charge in [0.15, 0.2) is 5.76 Å². The molecule has 6 nitrogen and oxygen atoms in total. The summed E-state index contributed by atoms with van der Waals surface area (Å²) >= 11 is 0. The van der Waals surface area contributed by atoms with Gasteiger partial charge in [-0.3, -0.25) is 4.79 Å². The molecule has 0 radical (unpaired) electrons. The fraction of sp³-hybridized carbons (Fsp3) is 0.227. The number of hydrogen-bond acceptors (Lipinski definition) is 5. The number of hydrogen-bond donors (Lipinski definition) is 0. The number of benzene rings is 1. The van der Waals surface area contributed by atoms with Gasteiger partial charge in [-0.1, -0.05) is 17.3 Å². The van der Waals surface area contributed by atoms with Crippen molar-refractivity contribution in [1.82, 2.24) is 15.0 Å². The van der Waals surface area contributed by atoms with E-state index in [1.54, 1.807) is 43.5 Å². The molecule has 1 aromatic carbocycles. The number of carbonyl (C=O) groups excluding carboxylic acids is 1. The van der Waals surface area contributed by atoms with Crippen molar-refractivity contribution in [1.29, 1.82) is 0 Å². The Morgan fingerprint density at radius 3 is 2.72 bits per heavy atom. The molecule has 0 N–H and O–H groups in total. The summed E-state index contributed by atoms with van der Waals surface area (Å²) < 4.78 is 24.1. The Bertz CT molecular complexity index is 1180. The van der Waals surface area contributed by atoms with Crippen molar-refractivity contribution in [3.63, 3.8) is 0 Å². The fourth-order valence-electron chi connectivity index (χ4n) is 3.51. The lowest BCUT2D eigenvalue weighted by Crippen LogP contribution is -2.32. The Hall–Kier alpha value is -3.48. The van der Waals surface area contributed by atoms with Gasteiger partial charge in [-0.05, 0) is 55.7 Å². The number of halogens is 1. The fourth-order valence-corrected chi connectivity index (χ4v) is 3.51. The molecular weight excluding hydrogens is 373 g/mol. The third-order valence-corrected chi connectivity index (χ3v) is 5.14. The van der Waals surface area contributed by atoms with Crippen molar-refractivity contribution >= 4 is 17.0 Å². The standard InChI is InChI=1S/C22H18FN3O3/c1-13-20-17(11-18(19-3-2-10-28-19)24-21(20)29-25-13)22(27)26(16-8-9-16)12-14-4-6-15(23)7-5-14/h2-7,10-11,16H,8-9,12H2,1H3. The highest BCUT2D eigenvalue weighted by Gasteiger charge is 2.34. The molecule has 1 aliphatic rings. The summed E-state index contributed by atoms with van der Waals surface area (Å²) in [6, 6.07) is 11.7. The monoisotopic (exact) mass is 391 g/mol. The van der Waals surface area contributed by atoms with Gasteiger partial charge in [0, 0.05) is 12.6 Å². The number of nitrogens with zero attached hydrogens (tertiary/aromatic N) is 3. The number of carbonyl (C=O) groups is 1. The summed E-state index contributed by atoms with van der Waals surface area (Å²) in [7, 11) is 0. The summed E-state index contributed by atoms with van der Waals surface area (Å²) in [6.45, 7) is 2.20. The van der Waals surface area contributed by atoms with E-state index in [0.29, 0.717) is 40.4 Å². The van der Waals surface area contributed by atoms with Crippen molar-refractivity contribution < 1.29 is 18.1 Å². The maximum atomic E-state index is 13.6. The van der Waals surface area contributed by atoms with E-state index in [1.165, 1.54) is 12.1 Å². The highest BCUT2D eigenvalue weighted by Crippen LogP contribution is 2.33. The van der Waals surface area contributed by atoms with Gasteiger partial charge < -0.3 is 13.8 Å². The second-order valence-corrected chi connectivity index (χ2v) is 7.27. The summed E-state index contributed by atoms with van der Waals surface area (Å²) in [4.78, 5) is 19.9. The Labute approximate surface area is 165 Å². The van der Waals surface area contributed by atoms with Crippen LogP contribution in [-0.4, -0.2) is 27.0 Å². The van der Waals surface area contributed by atoms with Gasteiger partial charge in [0.25, 0.3) is 11.6 Å². The van der Waals surface area contributed by atoms with Crippen molar-refractivity contribution in [2.75, 3.05) is 0 Å². The minimum atomic E-state index is -0.294. The Morgan fingerprint density at radius 2 is 2.03 bits per heavy atom. The smallest absolute Gasteiger partial charge is 0.259 e. The van der Waals surface area contributed by atoms with Gasteiger partial charge in [0.1, 0.15) is 11.5 Å². The number of fused-ring (bicyclic) bond motifs is 1. The van der Waals surface area contributed by atoms with Gasteiger partial charge in [-0.25, -0.2) is 9.37 Å². The van der Waals surface area contributed by atoms with Gasteiger partial charge in [0.2, 0.25) is 0 Å². The number of pyridine rings is 1. The lowest BCUT2D eigenvalue weighted by atomic mass is 10.1. The molecule has 0 bridgehead atoms. The number of aromatic nitrogens is 2. The largest absolute Gasteiger partial charge is 0.463 e.